The number of hydrogen-bond donors (Lipinski definition) is 0. The zero-order valence-electron chi connectivity index (χ0n) is 39.9. The molecular weight excluding hydrogens is 793 g/mol. The average molecular weight is 871 g/mol. The number of hydrogen-bond acceptors (Lipinski definition) is 9. The number of ether oxygens (including phenoxy) is 1. The number of ketones is 2. The molecule has 4 aromatic rings. The second-order valence-corrected chi connectivity index (χ2v) is 18.4. The number of unbranched alkanes of at least 4 members (excludes halogenated alkanes) is 10. The summed E-state index contributed by atoms with van der Waals surface area (Å²) in [6.45, 7) is 14.6. The summed E-state index contributed by atoms with van der Waals surface area (Å²) >= 11 is 0. The summed E-state index contributed by atoms with van der Waals surface area (Å²) in [6, 6.07) is 3.06. The molecule has 4 rings (SSSR count). The van der Waals surface area contributed by atoms with Gasteiger partial charge in [-0.15, -0.1) is 0 Å². The van der Waals surface area contributed by atoms with E-state index in [1.165, 1.54) is 0 Å². The van der Waals surface area contributed by atoms with Gasteiger partial charge < -0.3 is 23.7 Å². The predicted octanol–water partition coefficient (Wildman–Crippen LogP) is 9.64. The van der Waals surface area contributed by atoms with Gasteiger partial charge in [-0.2, -0.15) is 0 Å². The molecule has 0 aliphatic carbocycles. The molecule has 0 unspecified atom stereocenters. The Bertz CT molecular complexity index is 1880. The standard InChI is InChI=1S/C50H78N8O5/c1-37(2)33-45(55(7)49(61)21-17-13-9-11-15-19-29-57-39(5)53-41-35-51-27-23-43(41)57)47(59)25-31-63-32-26-48(60)46(34-38(3)4)56(8)50(62)22-18-14-10-12-16-20-30-58-40(6)54-42-36-52-28-24-44(42)58/h23-24,27-28,35-38,45-46H,9-22,25-26,29-34H2,1-8H3/t45-,46-/m0/s1. The van der Waals surface area contributed by atoms with Gasteiger partial charge in [0.25, 0.3) is 0 Å². The summed E-state index contributed by atoms with van der Waals surface area (Å²) in [5.74, 6) is 2.52. The van der Waals surface area contributed by atoms with Crippen LogP contribution in [0.15, 0.2) is 36.9 Å². The molecule has 0 N–H and O–H groups in total. The van der Waals surface area contributed by atoms with Crippen molar-refractivity contribution in [2.24, 2.45) is 11.8 Å². The maximum atomic E-state index is 13.4. The first-order valence-corrected chi connectivity index (χ1v) is 24.0. The fourth-order valence-electron chi connectivity index (χ4n) is 8.66. The topological polar surface area (TPSA) is 145 Å². The zero-order chi connectivity index (χ0) is 45.7. The summed E-state index contributed by atoms with van der Waals surface area (Å²) < 4.78 is 10.4. The third-order valence-corrected chi connectivity index (χ3v) is 12.4. The van der Waals surface area contributed by atoms with Crippen LogP contribution in [0.25, 0.3) is 22.1 Å². The van der Waals surface area contributed by atoms with Crippen molar-refractivity contribution in [3.63, 3.8) is 0 Å². The van der Waals surface area contributed by atoms with Gasteiger partial charge >= 0.3 is 0 Å². The lowest BCUT2D eigenvalue weighted by Crippen LogP contribution is -2.44. The molecule has 0 saturated carbocycles. The van der Waals surface area contributed by atoms with Crippen LogP contribution in [0.1, 0.15) is 155 Å². The first-order chi connectivity index (χ1) is 30.3. The molecule has 13 heteroatoms. The first-order valence-electron chi connectivity index (χ1n) is 24.0. The van der Waals surface area contributed by atoms with Gasteiger partial charge in [0.15, 0.2) is 11.6 Å². The van der Waals surface area contributed by atoms with E-state index in [1.807, 2.05) is 50.8 Å². The molecule has 2 amide bonds. The molecule has 2 atom stereocenters. The minimum atomic E-state index is -0.493. The Morgan fingerprint density at radius 2 is 0.921 bits per heavy atom. The monoisotopic (exact) mass is 871 g/mol. The fourth-order valence-corrected chi connectivity index (χ4v) is 8.66. The number of pyridine rings is 2. The van der Waals surface area contributed by atoms with Gasteiger partial charge in [0.2, 0.25) is 11.8 Å². The molecule has 0 aliphatic rings. The number of imidazole rings is 2. The lowest BCUT2D eigenvalue weighted by Gasteiger charge is -2.29. The largest absolute Gasteiger partial charge is 0.381 e. The van der Waals surface area contributed by atoms with Gasteiger partial charge in [-0.1, -0.05) is 79.1 Å². The predicted molar refractivity (Wildman–Crippen MR) is 251 cm³/mol. The fraction of sp³-hybridized carbons (Fsp3) is 0.680. The highest BCUT2D eigenvalue weighted by Gasteiger charge is 2.29. The second-order valence-electron chi connectivity index (χ2n) is 18.4. The average Bonchev–Trinajstić information content (AvgIpc) is 3.76. The van der Waals surface area contributed by atoms with Gasteiger partial charge in [0, 0.05) is 65.3 Å². The third kappa shape index (κ3) is 16.5. The van der Waals surface area contributed by atoms with E-state index in [2.05, 4.69) is 56.8 Å². The smallest absolute Gasteiger partial charge is 0.222 e. The zero-order valence-corrected chi connectivity index (χ0v) is 39.9. The van der Waals surface area contributed by atoms with Crippen LogP contribution in [0, 0.1) is 25.7 Å². The Labute approximate surface area is 377 Å². The van der Waals surface area contributed by atoms with E-state index < -0.39 is 12.1 Å². The Balaban J connectivity index is 1.08. The first kappa shape index (κ1) is 51.1. The minimum Gasteiger partial charge on any atom is -0.381 e. The maximum absolute atomic E-state index is 13.4. The van der Waals surface area contributed by atoms with Crippen LogP contribution in [0.5, 0.6) is 0 Å². The highest BCUT2D eigenvalue weighted by molar-refractivity contribution is 5.90. The van der Waals surface area contributed by atoms with Gasteiger partial charge in [0.1, 0.15) is 22.7 Å². The Hall–Kier alpha value is -4.52. The molecule has 4 heterocycles. The second kappa shape index (κ2) is 27.0. The maximum Gasteiger partial charge on any atom is 0.222 e. The number of likely N-dealkylation sites (N-methyl/N-ethyl adjacent to an activating group) is 2. The molecule has 4 aromatic heterocycles. The van der Waals surface area contributed by atoms with Crippen LogP contribution in [-0.2, 0) is 37.0 Å². The lowest BCUT2D eigenvalue weighted by atomic mass is 9.96. The number of carbonyl (C=O) groups excluding carboxylic acids is 4. The summed E-state index contributed by atoms with van der Waals surface area (Å²) in [7, 11) is 3.51. The van der Waals surface area contributed by atoms with Crippen molar-refractivity contribution in [3.8, 4) is 0 Å². The van der Waals surface area contributed by atoms with Crippen molar-refractivity contribution in [1.82, 2.24) is 38.9 Å². The van der Waals surface area contributed by atoms with Gasteiger partial charge in [-0.25, -0.2) is 9.97 Å². The molecule has 0 spiro atoms. The van der Waals surface area contributed by atoms with E-state index in [9.17, 15) is 19.2 Å². The van der Waals surface area contributed by atoms with E-state index in [4.69, 9.17) is 4.74 Å². The van der Waals surface area contributed by atoms with E-state index >= 15 is 0 Å². The summed E-state index contributed by atoms with van der Waals surface area (Å²) in [4.78, 5) is 74.2. The molecule has 0 radical (unpaired) electrons. The molecular formula is C50H78N8O5. The summed E-state index contributed by atoms with van der Waals surface area (Å²) in [5, 5.41) is 0. The van der Waals surface area contributed by atoms with Crippen molar-refractivity contribution in [2.75, 3.05) is 27.3 Å². The quantitative estimate of drug-likeness (QED) is 0.0438. The molecule has 0 fully saturated rings. The van der Waals surface area contributed by atoms with Crippen LogP contribution in [0.4, 0.5) is 0 Å². The molecule has 13 nitrogen and oxygen atoms in total. The normalized spacial score (nSPS) is 12.7. The molecule has 0 aromatic carbocycles. The number of aromatic nitrogens is 6. The summed E-state index contributed by atoms with van der Waals surface area (Å²) in [5.41, 5.74) is 4.14. The molecule has 0 aliphatic heterocycles. The van der Waals surface area contributed by atoms with E-state index in [0.29, 0.717) is 25.7 Å². The van der Waals surface area contributed by atoms with Gasteiger partial charge in [-0.05, 0) is 76.3 Å². The number of fused-ring (bicyclic) bond motifs is 2. The van der Waals surface area contributed by atoms with Crippen LogP contribution >= 0.6 is 0 Å². The Morgan fingerprint density at radius 1 is 0.556 bits per heavy atom. The number of carbonyl (C=O) groups is 4. The van der Waals surface area contributed by atoms with Crippen LogP contribution < -0.4 is 0 Å². The third-order valence-electron chi connectivity index (χ3n) is 12.4. The molecule has 0 bridgehead atoms. The van der Waals surface area contributed by atoms with Crippen LogP contribution in [0.3, 0.4) is 0 Å². The van der Waals surface area contributed by atoms with Crippen LogP contribution in [0.2, 0.25) is 0 Å². The van der Waals surface area contributed by atoms with Crippen molar-refractivity contribution in [1.29, 1.82) is 0 Å². The minimum absolute atomic E-state index is 0.00673. The molecule has 348 valence electrons. The Kier molecular flexibility index (Phi) is 21.9. The van der Waals surface area contributed by atoms with E-state index in [0.717, 1.165) is 124 Å². The van der Waals surface area contributed by atoms with Crippen molar-refractivity contribution in [3.05, 3.63) is 48.6 Å². The van der Waals surface area contributed by atoms with Crippen molar-refractivity contribution < 1.29 is 23.9 Å². The highest BCUT2D eigenvalue weighted by atomic mass is 16.5. The van der Waals surface area contributed by atoms with E-state index in [-0.39, 0.29) is 61.3 Å². The number of amides is 2. The molecule has 0 saturated heterocycles. The summed E-state index contributed by atoms with van der Waals surface area (Å²) in [6.07, 6.45) is 22.1. The Morgan fingerprint density at radius 3 is 1.30 bits per heavy atom. The van der Waals surface area contributed by atoms with Gasteiger partial charge in [0.05, 0.1) is 48.7 Å². The SMILES string of the molecule is Cc1nc2cnccc2n1CCCCCCCCC(=O)N(C)[C@@H](CC(C)C)C(=O)CCOCCC(=O)[C@H](CC(C)C)N(C)C(=O)CCCCCCCCn1c(C)nc2cnccc21. The van der Waals surface area contributed by atoms with Crippen molar-refractivity contribution >= 4 is 45.4 Å². The van der Waals surface area contributed by atoms with Crippen LogP contribution in [-0.4, -0.2) is 102 Å². The van der Waals surface area contributed by atoms with E-state index in [1.54, 1.807) is 23.9 Å². The lowest BCUT2D eigenvalue weighted by molar-refractivity contribution is -0.139. The van der Waals surface area contributed by atoms with Gasteiger partial charge in [-0.3, -0.25) is 29.1 Å². The number of nitrogens with zero attached hydrogens (tertiary/aromatic N) is 8. The number of rotatable bonds is 32. The number of Topliss-reactive ketones (excluding diaryl/α,β-unsaturated/α-hetero) is 2. The number of aryl methyl sites for hydroxylation is 4. The van der Waals surface area contributed by atoms with Crippen molar-refractivity contribution in [2.45, 2.75) is 182 Å². The molecule has 63 heavy (non-hydrogen) atoms. The highest BCUT2D eigenvalue weighted by Crippen LogP contribution is 2.21.